The first-order valence-corrected chi connectivity index (χ1v) is 8.29. The Labute approximate surface area is 135 Å². The van der Waals surface area contributed by atoms with Crippen LogP contribution in [0.15, 0.2) is 24.3 Å². The number of alkyl halides is 3. The highest BCUT2D eigenvalue weighted by molar-refractivity contribution is 5.75. The van der Waals surface area contributed by atoms with E-state index in [1.165, 1.54) is 31.4 Å². The van der Waals surface area contributed by atoms with Gasteiger partial charge in [0.25, 0.3) is 0 Å². The van der Waals surface area contributed by atoms with Crippen LogP contribution in [0, 0.1) is 11.8 Å². The summed E-state index contributed by atoms with van der Waals surface area (Å²) in [5, 5.41) is 0. The fourth-order valence-corrected chi connectivity index (χ4v) is 3.09. The Balaban J connectivity index is 1.83. The highest BCUT2D eigenvalue weighted by Crippen LogP contribution is 2.33. The van der Waals surface area contributed by atoms with Crippen LogP contribution in [0.3, 0.4) is 0 Å². The zero-order valence-electron chi connectivity index (χ0n) is 13.4. The summed E-state index contributed by atoms with van der Waals surface area (Å²) < 4.78 is 42.7. The van der Waals surface area contributed by atoms with Gasteiger partial charge in [-0.05, 0) is 55.9 Å². The maximum Gasteiger partial charge on any atom is 0.416 e. The van der Waals surface area contributed by atoms with E-state index in [9.17, 15) is 18.0 Å². The van der Waals surface area contributed by atoms with E-state index < -0.39 is 11.7 Å². The molecule has 0 aromatic heterocycles. The number of hydrogen-bond acceptors (Lipinski definition) is 2. The number of esters is 1. The number of unbranched alkanes of at least 4 members (excludes halogenated alkanes) is 1. The largest absolute Gasteiger partial charge is 0.426 e. The van der Waals surface area contributed by atoms with Gasteiger partial charge in [0, 0.05) is 0 Å². The first-order chi connectivity index (χ1) is 10.9. The van der Waals surface area contributed by atoms with Crippen LogP contribution in [-0.4, -0.2) is 5.97 Å². The first-order valence-electron chi connectivity index (χ1n) is 8.29. The summed E-state index contributed by atoms with van der Waals surface area (Å²) in [4.78, 5) is 12.1. The van der Waals surface area contributed by atoms with E-state index in [2.05, 4.69) is 6.92 Å². The normalized spacial score (nSPS) is 21.9. The molecule has 0 aliphatic heterocycles. The molecule has 0 radical (unpaired) electrons. The molecule has 2 nitrogen and oxygen atoms in total. The molecular formula is C18H23F3O2. The molecule has 0 amide bonds. The van der Waals surface area contributed by atoms with E-state index in [1.54, 1.807) is 0 Å². The minimum Gasteiger partial charge on any atom is -0.426 e. The van der Waals surface area contributed by atoms with Gasteiger partial charge in [0.05, 0.1) is 11.5 Å². The predicted molar refractivity (Wildman–Crippen MR) is 82.1 cm³/mol. The molecule has 0 atom stereocenters. The summed E-state index contributed by atoms with van der Waals surface area (Å²) in [5.74, 6) is 0.426. The molecule has 128 valence electrons. The van der Waals surface area contributed by atoms with Crippen molar-refractivity contribution < 1.29 is 22.7 Å². The molecule has 5 heteroatoms. The van der Waals surface area contributed by atoms with Crippen molar-refractivity contribution in [3.63, 3.8) is 0 Å². The van der Waals surface area contributed by atoms with Gasteiger partial charge in [0.2, 0.25) is 0 Å². The molecule has 1 aromatic carbocycles. The number of hydrogen-bond donors (Lipinski definition) is 0. The second kappa shape index (κ2) is 7.84. The fourth-order valence-electron chi connectivity index (χ4n) is 3.09. The standard InChI is InChI=1S/C18H23F3O2/c1-2-3-4-13-5-7-14(8-6-13)17(22)23-16-11-9-15(10-12-16)18(19,20)21/h9-14H,2-8H2,1H3/t13-,14-. The van der Waals surface area contributed by atoms with Crippen molar-refractivity contribution in [2.45, 2.75) is 58.0 Å². The maximum absolute atomic E-state index is 12.5. The van der Waals surface area contributed by atoms with Crippen LogP contribution >= 0.6 is 0 Å². The third-order valence-corrected chi connectivity index (χ3v) is 4.55. The van der Waals surface area contributed by atoms with Crippen molar-refractivity contribution in [1.82, 2.24) is 0 Å². The molecule has 0 N–H and O–H groups in total. The van der Waals surface area contributed by atoms with E-state index in [-0.39, 0.29) is 17.6 Å². The summed E-state index contributed by atoms with van der Waals surface area (Å²) >= 11 is 0. The van der Waals surface area contributed by atoms with Crippen molar-refractivity contribution in [2.24, 2.45) is 11.8 Å². The molecule has 23 heavy (non-hydrogen) atoms. The number of carbonyl (C=O) groups excluding carboxylic acids is 1. The van der Waals surface area contributed by atoms with Gasteiger partial charge < -0.3 is 4.74 Å². The summed E-state index contributed by atoms with van der Waals surface area (Å²) in [6.07, 6.45) is 2.96. The van der Waals surface area contributed by atoms with Crippen molar-refractivity contribution in [1.29, 1.82) is 0 Å². The summed E-state index contributed by atoms with van der Waals surface area (Å²) in [6, 6.07) is 4.27. The van der Waals surface area contributed by atoms with Gasteiger partial charge >= 0.3 is 12.1 Å². The molecule has 0 spiro atoms. The Bertz CT molecular complexity index is 500. The van der Waals surface area contributed by atoms with Gasteiger partial charge in [0.15, 0.2) is 0 Å². The molecule has 1 aromatic rings. The lowest BCUT2D eigenvalue weighted by Gasteiger charge is -2.27. The Morgan fingerprint density at radius 3 is 2.26 bits per heavy atom. The Kier molecular flexibility index (Phi) is 6.08. The molecule has 0 unspecified atom stereocenters. The molecule has 1 aliphatic rings. The zero-order valence-corrected chi connectivity index (χ0v) is 13.4. The maximum atomic E-state index is 12.5. The van der Waals surface area contributed by atoms with Crippen molar-refractivity contribution in [3.05, 3.63) is 29.8 Å². The minimum absolute atomic E-state index is 0.129. The third-order valence-electron chi connectivity index (χ3n) is 4.55. The molecule has 0 saturated heterocycles. The van der Waals surface area contributed by atoms with E-state index in [0.717, 1.165) is 37.8 Å². The van der Waals surface area contributed by atoms with Crippen LogP contribution in [0.1, 0.15) is 57.4 Å². The van der Waals surface area contributed by atoms with E-state index >= 15 is 0 Å². The van der Waals surface area contributed by atoms with Crippen LogP contribution in [0.25, 0.3) is 0 Å². The predicted octanol–water partition coefficient (Wildman–Crippen LogP) is 5.61. The van der Waals surface area contributed by atoms with Gasteiger partial charge in [-0.15, -0.1) is 0 Å². The molecule has 1 aliphatic carbocycles. The number of rotatable bonds is 5. The Hall–Kier alpha value is -1.52. The molecule has 0 bridgehead atoms. The smallest absolute Gasteiger partial charge is 0.416 e. The Morgan fingerprint density at radius 2 is 1.74 bits per heavy atom. The molecule has 2 rings (SSSR count). The minimum atomic E-state index is -4.38. The van der Waals surface area contributed by atoms with E-state index in [4.69, 9.17) is 4.74 Å². The summed E-state index contributed by atoms with van der Waals surface area (Å²) in [6.45, 7) is 2.17. The highest BCUT2D eigenvalue weighted by Gasteiger charge is 2.31. The summed E-state index contributed by atoms with van der Waals surface area (Å²) in [7, 11) is 0. The van der Waals surface area contributed by atoms with Gasteiger partial charge in [-0.1, -0.05) is 26.2 Å². The molecule has 1 fully saturated rings. The summed E-state index contributed by atoms with van der Waals surface area (Å²) in [5.41, 5.74) is -0.742. The van der Waals surface area contributed by atoms with Crippen LogP contribution in [0.2, 0.25) is 0 Å². The van der Waals surface area contributed by atoms with Crippen molar-refractivity contribution in [2.75, 3.05) is 0 Å². The van der Waals surface area contributed by atoms with Crippen LogP contribution in [-0.2, 0) is 11.0 Å². The second-order valence-corrected chi connectivity index (χ2v) is 6.30. The lowest BCUT2D eigenvalue weighted by Crippen LogP contribution is -2.25. The monoisotopic (exact) mass is 328 g/mol. The van der Waals surface area contributed by atoms with Gasteiger partial charge in [-0.2, -0.15) is 13.2 Å². The highest BCUT2D eigenvalue weighted by atomic mass is 19.4. The number of benzene rings is 1. The van der Waals surface area contributed by atoms with E-state index in [1.807, 2.05) is 0 Å². The molecule has 0 heterocycles. The molecular weight excluding hydrogens is 305 g/mol. The average molecular weight is 328 g/mol. The van der Waals surface area contributed by atoms with Gasteiger partial charge in [-0.25, -0.2) is 0 Å². The van der Waals surface area contributed by atoms with Gasteiger partial charge in [0.1, 0.15) is 5.75 Å². The van der Waals surface area contributed by atoms with Crippen LogP contribution in [0.4, 0.5) is 13.2 Å². The lowest BCUT2D eigenvalue weighted by atomic mass is 9.80. The molecule has 1 saturated carbocycles. The number of ether oxygens (including phenoxy) is 1. The lowest BCUT2D eigenvalue weighted by molar-refractivity contribution is -0.140. The van der Waals surface area contributed by atoms with Crippen LogP contribution in [0.5, 0.6) is 5.75 Å². The zero-order chi connectivity index (χ0) is 16.9. The van der Waals surface area contributed by atoms with Crippen molar-refractivity contribution >= 4 is 5.97 Å². The van der Waals surface area contributed by atoms with Crippen LogP contribution < -0.4 is 4.74 Å². The number of carbonyl (C=O) groups is 1. The second-order valence-electron chi connectivity index (χ2n) is 6.30. The SMILES string of the molecule is CCCC[C@H]1CC[C@H](C(=O)Oc2ccc(C(F)(F)F)cc2)CC1. The third kappa shape index (κ3) is 5.26. The first kappa shape index (κ1) is 17.8. The van der Waals surface area contributed by atoms with E-state index in [0.29, 0.717) is 5.92 Å². The quantitative estimate of drug-likeness (QED) is 0.519. The Morgan fingerprint density at radius 1 is 1.13 bits per heavy atom. The van der Waals surface area contributed by atoms with Gasteiger partial charge in [-0.3, -0.25) is 4.79 Å². The average Bonchev–Trinajstić information content (AvgIpc) is 2.53. The topological polar surface area (TPSA) is 26.3 Å². The number of halogens is 3. The fraction of sp³-hybridized carbons (Fsp3) is 0.611. The van der Waals surface area contributed by atoms with Crippen molar-refractivity contribution in [3.8, 4) is 5.75 Å².